The van der Waals surface area contributed by atoms with E-state index < -0.39 is 0 Å². The second kappa shape index (κ2) is 4.39. The third-order valence-electron chi connectivity index (χ3n) is 2.52. The Morgan fingerprint density at radius 1 is 1.56 bits per heavy atom. The van der Waals surface area contributed by atoms with E-state index in [-0.39, 0.29) is 0 Å². The molecule has 1 aliphatic rings. The number of nitrogens with zero attached hydrogens (tertiary/aromatic N) is 4. The highest BCUT2D eigenvalue weighted by Gasteiger charge is 2.16. The van der Waals surface area contributed by atoms with Gasteiger partial charge in [-0.15, -0.1) is 5.10 Å². The summed E-state index contributed by atoms with van der Waals surface area (Å²) in [5.41, 5.74) is 0. The Morgan fingerprint density at radius 2 is 2.56 bits per heavy atom. The van der Waals surface area contributed by atoms with Gasteiger partial charge in [0, 0.05) is 24.8 Å². The Labute approximate surface area is 97.2 Å². The van der Waals surface area contributed by atoms with Crippen LogP contribution >= 0.6 is 11.8 Å². The molecule has 84 valence electrons. The third-order valence-corrected chi connectivity index (χ3v) is 3.49. The van der Waals surface area contributed by atoms with E-state index in [0.717, 1.165) is 23.9 Å². The van der Waals surface area contributed by atoms with Gasteiger partial charge in [-0.05, 0) is 18.9 Å². The molecule has 2 aromatic heterocycles. The Bertz CT molecular complexity index is 447. The maximum atomic E-state index is 5.55. The minimum absolute atomic E-state index is 0.365. The molecule has 1 fully saturated rings. The van der Waals surface area contributed by atoms with Gasteiger partial charge < -0.3 is 4.74 Å². The first kappa shape index (κ1) is 10.0. The molecule has 3 heterocycles. The Balaban J connectivity index is 1.69. The van der Waals surface area contributed by atoms with Crippen LogP contribution in [-0.4, -0.2) is 38.0 Å². The zero-order chi connectivity index (χ0) is 10.8. The van der Waals surface area contributed by atoms with Gasteiger partial charge in [-0.2, -0.15) is 4.98 Å². The van der Waals surface area contributed by atoms with Crippen LogP contribution in [0, 0.1) is 0 Å². The average Bonchev–Trinajstić information content (AvgIpc) is 2.95. The normalized spacial score (nSPS) is 20.6. The molecule has 0 N–H and O–H groups in total. The number of thioether (sulfide) groups is 1. The van der Waals surface area contributed by atoms with Crippen LogP contribution in [0.3, 0.4) is 0 Å². The number of hydrogen-bond donors (Lipinski definition) is 0. The van der Waals surface area contributed by atoms with E-state index in [4.69, 9.17) is 4.74 Å². The Kier molecular flexibility index (Phi) is 2.75. The van der Waals surface area contributed by atoms with Crippen LogP contribution in [0.1, 0.15) is 12.8 Å². The molecule has 0 saturated carbocycles. The van der Waals surface area contributed by atoms with E-state index in [1.165, 1.54) is 6.42 Å². The predicted octanol–water partition coefficient (Wildman–Crippen LogP) is 1.40. The molecule has 0 amide bonds. The molecule has 2 aromatic rings. The summed E-state index contributed by atoms with van der Waals surface area (Å²) in [6, 6.07) is 1.84. The molecule has 6 heteroatoms. The fraction of sp³-hybridized carbons (Fsp3) is 0.500. The Hall–Kier alpha value is -1.14. The molecule has 1 aliphatic heterocycles. The smallest absolute Gasteiger partial charge is 0.253 e. The van der Waals surface area contributed by atoms with Crippen molar-refractivity contribution in [2.45, 2.75) is 24.1 Å². The van der Waals surface area contributed by atoms with Gasteiger partial charge in [0.2, 0.25) is 5.16 Å². The largest absolute Gasteiger partial charge is 0.377 e. The maximum absolute atomic E-state index is 5.55. The summed E-state index contributed by atoms with van der Waals surface area (Å²) >= 11 is 1.64. The monoisotopic (exact) mass is 236 g/mol. The molecule has 1 unspecified atom stereocenters. The summed E-state index contributed by atoms with van der Waals surface area (Å²) in [5.74, 6) is 1.58. The summed E-state index contributed by atoms with van der Waals surface area (Å²) in [6.45, 7) is 0.894. The van der Waals surface area contributed by atoms with Gasteiger partial charge >= 0.3 is 0 Å². The van der Waals surface area contributed by atoms with E-state index in [0.29, 0.717) is 11.9 Å². The van der Waals surface area contributed by atoms with Crippen LogP contribution in [0.4, 0.5) is 0 Å². The second-order valence-electron chi connectivity index (χ2n) is 3.70. The van der Waals surface area contributed by atoms with Gasteiger partial charge in [0.15, 0.2) is 0 Å². The number of hydrogen-bond acceptors (Lipinski definition) is 5. The van der Waals surface area contributed by atoms with Gasteiger partial charge in [-0.3, -0.25) is 0 Å². The van der Waals surface area contributed by atoms with E-state index in [9.17, 15) is 0 Å². The van der Waals surface area contributed by atoms with Crippen molar-refractivity contribution in [1.82, 2.24) is 19.6 Å². The van der Waals surface area contributed by atoms with Crippen molar-refractivity contribution in [3.8, 4) is 0 Å². The van der Waals surface area contributed by atoms with E-state index in [1.807, 2.05) is 12.3 Å². The zero-order valence-corrected chi connectivity index (χ0v) is 9.56. The maximum Gasteiger partial charge on any atom is 0.253 e. The summed E-state index contributed by atoms with van der Waals surface area (Å²) in [5, 5.41) is 5.10. The van der Waals surface area contributed by atoms with Gasteiger partial charge in [0.05, 0.1) is 6.10 Å². The second-order valence-corrected chi connectivity index (χ2v) is 4.69. The highest BCUT2D eigenvalue weighted by molar-refractivity contribution is 7.99. The van der Waals surface area contributed by atoms with E-state index >= 15 is 0 Å². The van der Waals surface area contributed by atoms with Crippen molar-refractivity contribution in [2.24, 2.45) is 0 Å². The molecule has 1 atom stereocenters. The minimum Gasteiger partial charge on any atom is -0.377 e. The third kappa shape index (κ3) is 2.03. The average molecular weight is 236 g/mol. The van der Waals surface area contributed by atoms with Crippen LogP contribution in [0.2, 0.25) is 0 Å². The standard InChI is InChI=1S/C10H12N4OS/c1-3-8(15-6-1)7-16-10-12-9-11-4-2-5-14(9)13-10/h2,4-5,8H,1,3,6-7H2. The van der Waals surface area contributed by atoms with Gasteiger partial charge in [-0.1, -0.05) is 11.8 Å². The first-order valence-corrected chi connectivity index (χ1v) is 6.32. The van der Waals surface area contributed by atoms with Gasteiger partial charge in [-0.25, -0.2) is 9.50 Å². The topological polar surface area (TPSA) is 52.3 Å². The highest BCUT2D eigenvalue weighted by atomic mass is 32.2. The molecular formula is C10H12N4OS. The van der Waals surface area contributed by atoms with Crippen LogP contribution in [0.15, 0.2) is 23.6 Å². The number of rotatable bonds is 3. The number of aromatic nitrogens is 4. The van der Waals surface area contributed by atoms with Crippen molar-refractivity contribution in [1.29, 1.82) is 0 Å². The van der Waals surface area contributed by atoms with Gasteiger partial charge in [0.1, 0.15) is 0 Å². The number of ether oxygens (including phenoxy) is 1. The first-order valence-electron chi connectivity index (χ1n) is 5.33. The van der Waals surface area contributed by atoms with Gasteiger partial charge in [0.25, 0.3) is 5.78 Å². The van der Waals surface area contributed by atoms with E-state index in [2.05, 4.69) is 15.1 Å². The molecule has 0 aromatic carbocycles. The van der Waals surface area contributed by atoms with Crippen LogP contribution in [-0.2, 0) is 4.74 Å². The van der Waals surface area contributed by atoms with Crippen molar-refractivity contribution in [3.63, 3.8) is 0 Å². The summed E-state index contributed by atoms with van der Waals surface area (Å²) in [7, 11) is 0. The van der Waals surface area contributed by atoms with Crippen LogP contribution in [0.25, 0.3) is 5.78 Å². The minimum atomic E-state index is 0.365. The molecule has 1 saturated heterocycles. The summed E-state index contributed by atoms with van der Waals surface area (Å²) in [4.78, 5) is 8.45. The molecule has 5 nitrogen and oxygen atoms in total. The van der Waals surface area contributed by atoms with Crippen molar-refractivity contribution in [3.05, 3.63) is 18.5 Å². The fourth-order valence-corrected chi connectivity index (χ4v) is 2.61. The molecule has 0 aliphatic carbocycles. The fourth-order valence-electron chi connectivity index (χ4n) is 1.72. The predicted molar refractivity (Wildman–Crippen MR) is 60.5 cm³/mol. The van der Waals surface area contributed by atoms with Crippen molar-refractivity contribution in [2.75, 3.05) is 12.4 Å². The first-order chi connectivity index (χ1) is 7.92. The van der Waals surface area contributed by atoms with Crippen molar-refractivity contribution >= 4 is 17.5 Å². The highest BCUT2D eigenvalue weighted by Crippen LogP contribution is 2.21. The van der Waals surface area contributed by atoms with Crippen LogP contribution < -0.4 is 0 Å². The lowest BCUT2D eigenvalue weighted by atomic mass is 10.3. The summed E-state index contributed by atoms with van der Waals surface area (Å²) in [6.07, 6.45) is 6.26. The molecule has 3 rings (SSSR count). The molecular weight excluding hydrogens is 224 g/mol. The molecule has 0 radical (unpaired) electrons. The lowest BCUT2D eigenvalue weighted by Gasteiger charge is -2.05. The molecule has 16 heavy (non-hydrogen) atoms. The van der Waals surface area contributed by atoms with E-state index in [1.54, 1.807) is 22.5 Å². The number of fused-ring (bicyclic) bond motifs is 1. The molecule has 0 bridgehead atoms. The lowest BCUT2D eigenvalue weighted by molar-refractivity contribution is 0.129. The molecule has 0 spiro atoms. The zero-order valence-electron chi connectivity index (χ0n) is 8.74. The lowest BCUT2D eigenvalue weighted by Crippen LogP contribution is -2.07. The Morgan fingerprint density at radius 3 is 3.38 bits per heavy atom. The SMILES string of the molecule is c1cnc2nc(SCC3CCCO3)nn2c1. The quantitative estimate of drug-likeness (QED) is 0.754. The van der Waals surface area contributed by atoms with Crippen molar-refractivity contribution < 1.29 is 4.74 Å². The summed E-state index contributed by atoms with van der Waals surface area (Å²) < 4.78 is 7.24. The van der Waals surface area contributed by atoms with Crippen LogP contribution in [0.5, 0.6) is 0 Å².